The molecule has 5 heteroatoms. The molecule has 104 valence electrons. The Morgan fingerprint density at radius 1 is 1.37 bits per heavy atom. The first kappa shape index (κ1) is 13.6. The first-order chi connectivity index (χ1) is 8.91. The van der Waals surface area contributed by atoms with Crippen LogP contribution in [0.3, 0.4) is 0 Å². The van der Waals surface area contributed by atoms with E-state index in [1.165, 1.54) is 19.3 Å². The number of aromatic amines is 1. The van der Waals surface area contributed by atoms with Gasteiger partial charge in [0.05, 0.1) is 5.56 Å². The summed E-state index contributed by atoms with van der Waals surface area (Å²) in [6, 6.07) is 0. The number of hydrogen-bond donors (Lipinski definition) is 2. The Bertz CT molecular complexity index is 515. The van der Waals surface area contributed by atoms with Crippen LogP contribution in [0.1, 0.15) is 51.4 Å². The molecule has 2 N–H and O–H groups in total. The van der Waals surface area contributed by atoms with E-state index in [-0.39, 0.29) is 11.6 Å². The Kier molecular flexibility index (Phi) is 3.64. The molecule has 1 fully saturated rings. The molecule has 1 amide bonds. The van der Waals surface area contributed by atoms with Gasteiger partial charge in [0.2, 0.25) is 0 Å². The molecule has 0 spiro atoms. The Balaban J connectivity index is 2.20. The van der Waals surface area contributed by atoms with Gasteiger partial charge in [0, 0.05) is 19.3 Å². The van der Waals surface area contributed by atoms with Crippen LogP contribution in [-0.4, -0.2) is 40.5 Å². The third kappa shape index (κ3) is 2.50. The zero-order valence-electron chi connectivity index (χ0n) is 11.6. The Labute approximate surface area is 112 Å². The van der Waals surface area contributed by atoms with Crippen LogP contribution in [0.2, 0.25) is 0 Å². The number of carboxylic acid groups (broad SMARTS) is 1. The van der Waals surface area contributed by atoms with E-state index in [0.29, 0.717) is 22.7 Å². The van der Waals surface area contributed by atoms with E-state index in [0.717, 1.165) is 6.54 Å². The number of rotatable bonds is 4. The van der Waals surface area contributed by atoms with E-state index in [1.54, 1.807) is 25.8 Å². The number of nitrogens with zero attached hydrogens (tertiary/aromatic N) is 1. The van der Waals surface area contributed by atoms with Gasteiger partial charge in [-0.25, -0.2) is 4.79 Å². The van der Waals surface area contributed by atoms with Gasteiger partial charge in [-0.1, -0.05) is 6.42 Å². The number of nitrogens with one attached hydrogen (secondary N) is 1. The summed E-state index contributed by atoms with van der Waals surface area (Å²) in [6.07, 6.45) is 3.62. The van der Waals surface area contributed by atoms with Crippen LogP contribution < -0.4 is 0 Å². The van der Waals surface area contributed by atoms with Crippen LogP contribution in [0, 0.1) is 19.8 Å². The minimum atomic E-state index is -1.03. The van der Waals surface area contributed by atoms with E-state index in [1.807, 2.05) is 0 Å². The Hall–Kier alpha value is -1.78. The largest absolute Gasteiger partial charge is 0.477 e. The van der Waals surface area contributed by atoms with Crippen molar-refractivity contribution in [1.29, 1.82) is 0 Å². The van der Waals surface area contributed by atoms with Gasteiger partial charge in [-0.2, -0.15) is 0 Å². The summed E-state index contributed by atoms with van der Waals surface area (Å²) >= 11 is 0. The lowest BCUT2D eigenvalue weighted by molar-refractivity contribution is 0.0690. The van der Waals surface area contributed by atoms with E-state index in [4.69, 9.17) is 5.11 Å². The van der Waals surface area contributed by atoms with Crippen LogP contribution in [0.15, 0.2) is 0 Å². The van der Waals surface area contributed by atoms with Crippen molar-refractivity contribution in [2.24, 2.45) is 5.92 Å². The number of carboxylic acids is 1. The highest BCUT2D eigenvalue weighted by atomic mass is 16.4. The van der Waals surface area contributed by atoms with E-state index >= 15 is 0 Å². The van der Waals surface area contributed by atoms with Crippen LogP contribution in [0.5, 0.6) is 0 Å². The lowest BCUT2D eigenvalue weighted by Crippen LogP contribution is -2.34. The molecule has 0 aliphatic heterocycles. The van der Waals surface area contributed by atoms with Gasteiger partial charge in [0.15, 0.2) is 0 Å². The second-order valence-electron chi connectivity index (χ2n) is 5.41. The first-order valence-corrected chi connectivity index (χ1v) is 6.59. The summed E-state index contributed by atoms with van der Waals surface area (Å²) in [6.45, 7) is 4.17. The number of aryl methyl sites for hydroxylation is 1. The molecule has 0 bridgehead atoms. The van der Waals surface area contributed by atoms with Crippen molar-refractivity contribution >= 4 is 11.9 Å². The summed E-state index contributed by atoms with van der Waals surface area (Å²) in [5.41, 5.74) is 1.76. The fourth-order valence-electron chi connectivity index (χ4n) is 2.62. The van der Waals surface area contributed by atoms with E-state index in [2.05, 4.69) is 4.98 Å². The van der Waals surface area contributed by atoms with Crippen LogP contribution in [0.4, 0.5) is 0 Å². The molecule has 1 aromatic heterocycles. The quantitative estimate of drug-likeness (QED) is 0.875. The maximum absolute atomic E-state index is 12.4. The molecule has 0 aromatic carbocycles. The molecule has 5 nitrogen and oxygen atoms in total. The van der Waals surface area contributed by atoms with E-state index < -0.39 is 5.97 Å². The molecular weight excluding hydrogens is 244 g/mol. The van der Waals surface area contributed by atoms with Gasteiger partial charge in [0.25, 0.3) is 5.91 Å². The van der Waals surface area contributed by atoms with Crippen molar-refractivity contribution in [3.05, 3.63) is 22.5 Å². The molecule has 0 radical (unpaired) electrons. The monoisotopic (exact) mass is 264 g/mol. The zero-order chi connectivity index (χ0) is 14.2. The molecule has 0 atom stereocenters. The number of carbonyl (C=O) groups is 2. The highest BCUT2D eigenvalue weighted by molar-refractivity contribution is 6.00. The lowest BCUT2D eigenvalue weighted by atomic mass is 9.85. The van der Waals surface area contributed by atoms with Gasteiger partial charge in [-0.05, 0) is 38.2 Å². The smallest absolute Gasteiger partial charge is 0.352 e. The number of aromatic nitrogens is 1. The van der Waals surface area contributed by atoms with Crippen molar-refractivity contribution < 1.29 is 14.7 Å². The van der Waals surface area contributed by atoms with Gasteiger partial charge >= 0.3 is 5.97 Å². The third-order valence-corrected chi connectivity index (χ3v) is 3.97. The topological polar surface area (TPSA) is 73.4 Å². The molecule has 1 saturated carbocycles. The van der Waals surface area contributed by atoms with Gasteiger partial charge in [-0.3, -0.25) is 4.79 Å². The normalized spacial score (nSPS) is 15.1. The summed E-state index contributed by atoms with van der Waals surface area (Å²) in [5.74, 6) is -0.514. The fraction of sp³-hybridized carbons (Fsp3) is 0.571. The number of amides is 1. The first-order valence-electron chi connectivity index (χ1n) is 6.59. The molecule has 19 heavy (non-hydrogen) atoms. The molecule has 1 aliphatic carbocycles. The highest BCUT2D eigenvalue weighted by Gasteiger charge is 2.26. The van der Waals surface area contributed by atoms with Crippen LogP contribution in [-0.2, 0) is 0 Å². The third-order valence-electron chi connectivity index (χ3n) is 3.97. The van der Waals surface area contributed by atoms with Gasteiger partial charge in [-0.15, -0.1) is 0 Å². The number of hydrogen-bond acceptors (Lipinski definition) is 2. The minimum Gasteiger partial charge on any atom is -0.477 e. The average molecular weight is 264 g/mol. The maximum Gasteiger partial charge on any atom is 0.352 e. The molecular formula is C14H20N2O3. The van der Waals surface area contributed by atoms with Gasteiger partial charge < -0.3 is 15.0 Å². The average Bonchev–Trinajstić information content (AvgIpc) is 2.58. The molecule has 2 rings (SSSR count). The second kappa shape index (κ2) is 5.07. The predicted octanol–water partition coefficient (Wildman–Crippen LogP) is 2.20. The fourth-order valence-corrected chi connectivity index (χ4v) is 2.62. The maximum atomic E-state index is 12.4. The Morgan fingerprint density at radius 3 is 2.42 bits per heavy atom. The number of aromatic carboxylic acids is 1. The standard InChI is InChI=1S/C14H20N2O3/c1-8-11(9(2)15-12(8)14(18)19)13(17)16(3)7-10-5-4-6-10/h10,15H,4-7H2,1-3H3,(H,18,19). The Morgan fingerprint density at radius 2 is 2.00 bits per heavy atom. The lowest BCUT2D eigenvalue weighted by Gasteiger charge is -2.30. The summed E-state index contributed by atoms with van der Waals surface area (Å²) < 4.78 is 0. The SMILES string of the molecule is Cc1[nH]c(C(=O)O)c(C)c1C(=O)N(C)CC1CCC1. The van der Waals surface area contributed by atoms with Crippen LogP contribution >= 0.6 is 0 Å². The van der Waals surface area contributed by atoms with Crippen molar-refractivity contribution in [3.8, 4) is 0 Å². The summed E-state index contributed by atoms with van der Waals surface area (Å²) in [5, 5.41) is 9.06. The summed E-state index contributed by atoms with van der Waals surface area (Å²) in [4.78, 5) is 28.0. The number of carbonyl (C=O) groups excluding carboxylic acids is 1. The zero-order valence-corrected chi connectivity index (χ0v) is 11.6. The van der Waals surface area contributed by atoms with E-state index in [9.17, 15) is 9.59 Å². The number of H-pyrrole nitrogens is 1. The van der Waals surface area contributed by atoms with Gasteiger partial charge in [0.1, 0.15) is 5.69 Å². The highest BCUT2D eigenvalue weighted by Crippen LogP contribution is 2.28. The second-order valence-corrected chi connectivity index (χ2v) is 5.41. The summed E-state index contributed by atoms with van der Waals surface area (Å²) in [7, 11) is 1.78. The predicted molar refractivity (Wildman–Crippen MR) is 71.5 cm³/mol. The molecule has 1 aliphatic rings. The van der Waals surface area contributed by atoms with Crippen LogP contribution in [0.25, 0.3) is 0 Å². The molecule has 1 aromatic rings. The molecule has 1 heterocycles. The van der Waals surface area contributed by atoms with Crippen molar-refractivity contribution in [2.75, 3.05) is 13.6 Å². The van der Waals surface area contributed by atoms with Crippen molar-refractivity contribution in [2.45, 2.75) is 33.1 Å². The minimum absolute atomic E-state index is 0.0920. The molecule has 0 saturated heterocycles. The van der Waals surface area contributed by atoms with Crippen molar-refractivity contribution in [1.82, 2.24) is 9.88 Å². The van der Waals surface area contributed by atoms with Crippen molar-refractivity contribution in [3.63, 3.8) is 0 Å². The molecule has 0 unspecified atom stereocenters.